The van der Waals surface area contributed by atoms with E-state index in [-0.39, 0.29) is 24.0 Å². The number of hydrogen-bond donors (Lipinski definition) is 3. The third-order valence-corrected chi connectivity index (χ3v) is 5.13. The molecule has 0 spiro atoms. The van der Waals surface area contributed by atoms with Crippen molar-refractivity contribution in [2.24, 2.45) is 0 Å². The van der Waals surface area contributed by atoms with Crippen molar-refractivity contribution in [1.29, 1.82) is 0 Å². The maximum absolute atomic E-state index is 12.4. The Morgan fingerprint density at radius 2 is 1.61 bits per heavy atom. The first-order valence-corrected chi connectivity index (χ1v) is 9.80. The first kappa shape index (κ1) is 19.9. The summed E-state index contributed by atoms with van der Waals surface area (Å²) in [5, 5.41) is 8.88. The zero-order valence-corrected chi connectivity index (χ0v) is 16.2. The van der Waals surface area contributed by atoms with Crippen molar-refractivity contribution in [3.8, 4) is 0 Å². The number of nitrogens with one attached hydrogen (secondary N) is 3. The summed E-state index contributed by atoms with van der Waals surface area (Å²) >= 11 is 0. The zero-order valence-electron chi connectivity index (χ0n) is 16.2. The van der Waals surface area contributed by atoms with Crippen LogP contribution < -0.4 is 16.0 Å². The van der Waals surface area contributed by atoms with Gasteiger partial charge in [-0.2, -0.15) is 0 Å². The number of amides is 3. The smallest absolute Gasteiger partial charge is 0.319 e. The Morgan fingerprint density at radius 3 is 2.25 bits per heavy atom. The van der Waals surface area contributed by atoms with Crippen LogP contribution in [0.2, 0.25) is 0 Å². The number of hydrogen-bond acceptors (Lipinski definition) is 3. The van der Waals surface area contributed by atoms with Gasteiger partial charge in [-0.05, 0) is 37.5 Å². The van der Waals surface area contributed by atoms with E-state index in [4.69, 9.17) is 0 Å². The lowest BCUT2D eigenvalue weighted by molar-refractivity contribution is -0.126. The van der Waals surface area contributed by atoms with Crippen molar-refractivity contribution in [3.05, 3.63) is 66.2 Å². The Hall–Kier alpha value is -2.86. The van der Waals surface area contributed by atoms with Gasteiger partial charge in [0.2, 0.25) is 5.91 Å². The van der Waals surface area contributed by atoms with Gasteiger partial charge in [0.1, 0.15) is 0 Å². The highest BCUT2D eigenvalue weighted by atomic mass is 16.2. The lowest BCUT2D eigenvalue weighted by Gasteiger charge is -2.35. The van der Waals surface area contributed by atoms with E-state index in [0.717, 1.165) is 37.2 Å². The molecule has 1 heterocycles. The van der Waals surface area contributed by atoms with Crippen molar-refractivity contribution in [2.75, 3.05) is 18.4 Å². The summed E-state index contributed by atoms with van der Waals surface area (Å²) in [6, 6.07) is 19.1. The molecule has 0 radical (unpaired) electrons. The molecule has 1 aliphatic heterocycles. The number of rotatable bonds is 6. The van der Waals surface area contributed by atoms with E-state index in [1.807, 2.05) is 67.6 Å². The van der Waals surface area contributed by atoms with Crippen molar-refractivity contribution >= 4 is 17.6 Å². The highest BCUT2D eigenvalue weighted by Crippen LogP contribution is 2.14. The molecule has 148 valence electrons. The first-order chi connectivity index (χ1) is 13.6. The predicted octanol–water partition coefficient (Wildman–Crippen LogP) is 2.98. The lowest BCUT2D eigenvalue weighted by atomic mass is 10.0. The Kier molecular flexibility index (Phi) is 7.03. The van der Waals surface area contributed by atoms with Crippen molar-refractivity contribution in [3.63, 3.8) is 0 Å². The fourth-order valence-corrected chi connectivity index (χ4v) is 3.40. The Morgan fingerprint density at radius 1 is 1.00 bits per heavy atom. The second kappa shape index (κ2) is 9.90. The molecule has 28 heavy (non-hydrogen) atoms. The molecule has 1 atom stereocenters. The second-order valence-corrected chi connectivity index (χ2v) is 7.15. The summed E-state index contributed by atoms with van der Waals surface area (Å²) in [5.41, 5.74) is 1.87. The second-order valence-electron chi connectivity index (χ2n) is 7.15. The third kappa shape index (κ3) is 5.82. The number of carbonyl (C=O) groups excluding carboxylic acids is 2. The average Bonchev–Trinajstić information content (AvgIpc) is 2.73. The molecule has 1 saturated heterocycles. The van der Waals surface area contributed by atoms with E-state index in [2.05, 4.69) is 20.9 Å². The fraction of sp³-hybridized carbons (Fsp3) is 0.364. The quantitative estimate of drug-likeness (QED) is 0.721. The van der Waals surface area contributed by atoms with Crippen molar-refractivity contribution in [2.45, 2.75) is 38.4 Å². The summed E-state index contributed by atoms with van der Waals surface area (Å²) in [6.45, 7) is 4.06. The van der Waals surface area contributed by atoms with Crippen LogP contribution in [0.3, 0.4) is 0 Å². The Balaban J connectivity index is 1.39. The maximum atomic E-state index is 12.4. The summed E-state index contributed by atoms with van der Waals surface area (Å²) in [4.78, 5) is 26.7. The molecule has 3 N–H and O–H groups in total. The van der Waals surface area contributed by atoms with Gasteiger partial charge in [0, 0.05) is 31.4 Å². The van der Waals surface area contributed by atoms with Gasteiger partial charge in [-0.3, -0.25) is 9.69 Å². The molecule has 0 saturated carbocycles. The van der Waals surface area contributed by atoms with E-state index >= 15 is 0 Å². The number of likely N-dealkylation sites (tertiary alicyclic amines) is 1. The molecule has 6 nitrogen and oxygen atoms in total. The van der Waals surface area contributed by atoms with Gasteiger partial charge >= 0.3 is 6.03 Å². The molecule has 3 amide bonds. The molecule has 2 aromatic rings. The van der Waals surface area contributed by atoms with Crippen LogP contribution in [-0.4, -0.2) is 42.0 Å². The number of carbonyl (C=O) groups is 2. The van der Waals surface area contributed by atoms with Crippen LogP contribution in [0.4, 0.5) is 10.5 Å². The lowest BCUT2D eigenvalue weighted by Crippen LogP contribution is -2.52. The minimum Gasteiger partial charge on any atom is -0.351 e. The van der Waals surface area contributed by atoms with Gasteiger partial charge < -0.3 is 16.0 Å². The van der Waals surface area contributed by atoms with Gasteiger partial charge in [-0.15, -0.1) is 0 Å². The molecule has 6 heteroatoms. The largest absolute Gasteiger partial charge is 0.351 e. The predicted molar refractivity (Wildman–Crippen MR) is 111 cm³/mol. The highest BCUT2D eigenvalue weighted by molar-refractivity contribution is 5.89. The number of anilines is 1. The SMILES string of the molecule is CC(C(=O)NCc1ccccc1)N1CCC(NC(=O)Nc2ccccc2)CC1. The van der Waals surface area contributed by atoms with Crippen LogP contribution in [0.15, 0.2) is 60.7 Å². The zero-order chi connectivity index (χ0) is 19.8. The molecule has 0 aliphatic carbocycles. The summed E-state index contributed by atoms with van der Waals surface area (Å²) in [5.74, 6) is 0.0390. The summed E-state index contributed by atoms with van der Waals surface area (Å²) < 4.78 is 0. The molecule has 1 unspecified atom stereocenters. The molecular weight excluding hydrogens is 352 g/mol. The monoisotopic (exact) mass is 380 g/mol. The minimum atomic E-state index is -0.182. The van der Waals surface area contributed by atoms with Crippen LogP contribution in [-0.2, 0) is 11.3 Å². The van der Waals surface area contributed by atoms with Crippen LogP contribution in [0.5, 0.6) is 0 Å². The molecule has 0 aromatic heterocycles. The number of nitrogens with zero attached hydrogens (tertiary/aromatic N) is 1. The van der Waals surface area contributed by atoms with E-state index in [9.17, 15) is 9.59 Å². The number of piperidine rings is 1. The van der Waals surface area contributed by atoms with Gasteiger partial charge in [0.25, 0.3) is 0 Å². The average molecular weight is 380 g/mol. The Bertz CT molecular complexity index is 759. The molecule has 0 bridgehead atoms. The Labute approximate surface area is 166 Å². The van der Waals surface area contributed by atoms with Crippen LogP contribution in [0, 0.1) is 0 Å². The van der Waals surface area contributed by atoms with E-state index in [1.54, 1.807) is 0 Å². The third-order valence-electron chi connectivity index (χ3n) is 5.13. The van der Waals surface area contributed by atoms with Gasteiger partial charge in [-0.1, -0.05) is 48.5 Å². The van der Waals surface area contributed by atoms with Crippen molar-refractivity contribution < 1.29 is 9.59 Å². The number of para-hydroxylation sites is 1. The maximum Gasteiger partial charge on any atom is 0.319 e. The molecule has 3 rings (SSSR count). The molecule has 2 aromatic carbocycles. The van der Waals surface area contributed by atoms with Gasteiger partial charge in [-0.25, -0.2) is 4.79 Å². The highest BCUT2D eigenvalue weighted by Gasteiger charge is 2.27. The van der Waals surface area contributed by atoms with E-state index < -0.39 is 0 Å². The number of urea groups is 1. The summed E-state index contributed by atoms with van der Waals surface area (Å²) in [7, 11) is 0. The van der Waals surface area contributed by atoms with E-state index in [1.165, 1.54) is 0 Å². The fourth-order valence-electron chi connectivity index (χ4n) is 3.40. The molecular formula is C22H28N4O2. The molecule has 1 aliphatic rings. The minimum absolute atomic E-state index is 0.0390. The van der Waals surface area contributed by atoms with Gasteiger partial charge in [0.15, 0.2) is 0 Å². The standard InChI is InChI=1S/C22H28N4O2/c1-17(21(27)23-16-18-8-4-2-5-9-18)26-14-12-20(13-15-26)25-22(28)24-19-10-6-3-7-11-19/h2-11,17,20H,12-16H2,1H3,(H,23,27)(H2,24,25,28). The number of benzene rings is 2. The normalized spacial score (nSPS) is 16.2. The van der Waals surface area contributed by atoms with Crippen molar-refractivity contribution in [1.82, 2.24) is 15.5 Å². The molecule has 1 fully saturated rings. The van der Waals surface area contributed by atoms with E-state index in [0.29, 0.717) is 6.54 Å². The van der Waals surface area contributed by atoms with Crippen LogP contribution >= 0.6 is 0 Å². The van der Waals surface area contributed by atoms with Crippen LogP contribution in [0.1, 0.15) is 25.3 Å². The summed E-state index contributed by atoms with van der Waals surface area (Å²) in [6.07, 6.45) is 1.66. The van der Waals surface area contributed by atoms with Gasteiger partial charge in [0.05, 0.1) is 6.04 Å². The topological polar surface area (TPSA) is 73.5 Å². The first-order valence-electron chi connectivity index (χ1n) is 9.80. The van der Waals surface area contributed by atoms with Crippen LogP contribution in [0.25, 0.3) is 0 Å².